The van der Waals surface area contributed by atoms with Crippen LogP contribution in [0.3, 0.4) is 0 Å². The van der Waals surface area contributed by atoms with Gasteiger partial charge >= 0.3 is 6.09 Å². The highest BCUT2D eigenvalue weighted by molar-refractivity contribution is 5.76. The quantitative estimate of drug-likeness (QED) is 0.754. The number of carbonyl (C=O) groups is 2. The van der Waals surface area contributed by atoms with Crippen LogP contribution in [0.5, 0.6) is 0 Å². The fourth-order valence-electron chi connectivity index (χ4n) is 3.77. The lowest BCUT2D eigenvalue weighted by molar-refractivity contribution is -0.121. The first-order valence-electron chi connectivity index (χ1n) is 9.83. The van der Waals surface area contributed by atoms with Crippen LogP contribution in [-0.2, 0) is 9.53 Å². The molecular weight excluding hydrogens is 316 g/mol. The van der Waals surface area contributed by atoms with E-state index < -0.39 is 5.60 Å². The molecule has 0 radical (unpaired) electrons. The molecule has 2 amide bonds. The van der Waals surface area contributed by atoms with Crippen LogP contribution in [-0.4, -0.2) is 42.1 Å². The van der Waals surface area contributed by atoms with Gasteiger partial charge in [0.2, 0.25) is 5.91 Å². The van der Waals surface area contributed by atoms with E-state index in [1.807, 2.05) is 20.8 Å². The molecule has 1 saturated heterocycles. The van der Waals surface area contributed by atoms with E-state index >= 15 is 0 Å². The Bertz CT molecular complexity index is 478. The summed E-state index contributed by atoms with van der Waals surface area (Å²) in [6.07, 6.45) is 5.85. The highest BCUT2D eigenvalue weighted by atomic mass is 16.6. The molecule has 1 heterocycles. The molecule has 144 valence electrons. The van der Waals surface area contributed by atoms with E-state index in [0.717, 1.165) is 25.9 Å². The fourth-order valence-corrected chi connectivity index (χ4v) is 3.77. The summed E-state index contributed by atoms with van der Waals surface area (Å²) in [6.45, 7) is 12.4. The molecule has 5 heteroatoms. The number of nitrogens with zero attached hydrogens (tertiary/aromatic N) is 1. The number of ether oxygens (including phenoxy) is 1. The van der Waals surface area contributed by atoms with E-state index in [1.165, 1.54) is 19.3 Å². The van der Waals surface area contributed by atoms with Gasteiger partial charge in [-0.05, 0) is 70.1 Å². The predicted octanol–water partition coefficient (Wildman–Crippen LogP) is 3.97. The van der Waals surface area contributed by atoms with Crippen LogP contribution >= 0.6 is 0 Å². The largest absolute Gasteiger partial charge is 0.444 e. The summed E-state index contributed by atoms with van der Waals surface area (Å²) in [5, 5.41) is 3.14. The standard InChI is InChI=1S/C20H36N2O3/c1-15(2)12-20(9-10-20)14-21-17(23)7-6-16-8-11-22(13-16)18(24)25-19(3,4)5/h15-16H,6-14H2,1-5H3,(H,21,23)/t16-/m1/s1. The maximum Gasteiger partial charge on any atom is 0.410 e. The van der Waals surface area contributed by atoms with Crippen LogP contribution < -0.4 is 5.32 Å². The Kier molecular flexibility index (Phi) is 6.39. The third kappa shape index (κ3) is 6.87. The molecule has 1 atom stereocenters. The molecule has 1 aliphatic carbocycles. The van der Waals surface area contributed by atoms with Gasteiger partial charge in [-0.1, -0.05) is 13.8 Å². The van der Waals surface area contributed by atoms with E-state index in [1.54, 1.807) is 4.90 Å². The minimum absolute atomic E-state index is 0.158. The summed E-state index contributed by atoms with van der Waals surface area (Å²) in [5.74, 6) is 1.26. The number of rotatable bonds is 7. The zero-order valence-electron chi connectivity index (χ0n) is 16.7. The topological polar surface area (TPSA) is 58.6 Å². The van der Waals surface area contributed by atoms with Crippen LogP contribution in [0.4, 0.5) is 4.79 Å². The Morgan fingerprint density at radius 1 is 1.28 bits per heavy atom. The first kappa shape index (κ1) is 20.1. The van der Waals surface area contributed by atoms with Crippen LogP contribution in [0.15, 0.2) is 0 Å². The van der Waals surface area contributed by atoms with Crippen molar-refractivity contribution in [3.63, 3.8) is 0 Å². The predicted molar refractivity (Wildman–Crippen MR) is 99.3 cm³/mol. The third-order valence-electron chi connectivity index (χ3n) is 5.18. The zero-order chi connectivity index (χ0) is 18.7. The highest BCUT2D eigenvalue weighted by Crippen LogP contribution is 2.50. The lowest BCUT2D eigenvalue weighted by atomic mass is 9.94. The summed E-state index contributed by atoms with van der Waals surface area (Å²) in [4.78, 5) is 26.0. The van der Waals surface area contributed by atoms with Crippen molar-refractivity contribution in [1.29, 1.82) is 0 Å². The first-order valence-corrected chi connectivity index (χ1v) is 9.83. The molecule has 0 bridgehead atoms. The fraction of sp³-hybridized carbons (Fsp3) is 0.900. The maximum atomic E-state index is 12.1. The molecule has 0 aromatic carbocycles. The van der Waals surface area contributed by atoms with Crippen molar-refractivity contribution in [1.82, 2.24) is 10.2 Å². The van der Waals surface area contributed by atoms with Gasteiger partial charge < -0.3 is 15.0 Å². The summed E-state index contributed by atoms with van der Waals surface area (Å²) in [7, 11) is 0. The SMILES string of the molecule is CC(C)CC1(CNC(=O)CC[C@@H]2CCN(C(=O)OC(C)(C)C)C2)CC1. The molecule has 0 spiro atoms. The molecule has 5 nitrogen and oxygen atoms in total. The Labute approximate surface area is 152 Å². The average molecular weight is 353 g/mol. The summed E-state index contributed by atoms with van der Waals surface area (Å²) < 4.78 is 5.42. The van der Waals surface area contributed by atoms with E-state index in [4.69, 9.17) is 4.74 Å². The Morgan fingerprint density at radius 3 is 2.52 bits per heavy atom. The van der Waals surface area contributed by atoms with E-state index in [9.17, 15) is 9.59 Å². The van der Waals surface area contributed by atoms with Gasteiger partial charge in [0.1, 0.15) is 5.60 Å². The molecule has 1 N–H and O–H groups in total. The van der Waals surface area contributed by atoms with Crippen molar-refractivity contribution in [2.45, 2.75) is 78.7 Å². The number of amides is 2. The molecule has 0 aromatic rings. The minimum Gasteiger partial charge on any atom is -0.444 e. The van der Waals surface area contributed by atoms with Crippen molar-refractivity contribution in [3.8, 4) is 0 Å². The van der Waals surface area contributed by atoms with Crippen molar-refractivity contribution in [2.24, 2.45) is 17.3 Å². The average Bonchev–Trinajstić information content (AvgIpc) is 3.06. The monoisotopic (exact) mass is 352 g/mol. The van der Waals surface area contributed by atoms with Crippen LogP contribution in [0.1, 0.15) is 73.1 Å². The van der Waals surface area contributed by atoms with Crippen LogP contribution in [0.25, 0.3) is 0 Å². The number of carbonyl (C=O) groups excluding carboxylic acids is 2. The van der Waals surface area contributed by atoms with E-state index in [0.29, 0.717) is 30.2 Å². The second kappa shape index (κ2) is 7.96. The van der Waals surface area contributed by atoms with Crippen molar-refractivity contribution in [2.75, 3.05) is 19.6 Å². The molecule has 1 aliphatic heterocycles. The number of hydrogen-bond donors (Lipinski definition) is 1. The highest BCUT2D eigenvalue weighted by Gasteiger charge is 2.42. The molecule has 2 fully saturated rings. The second-order valence-electron chi connectivity index (χ2n) is 9.49. The molecule has 25 heavy (non-hydrogen) atoms. The first-order chi connectivity index (χ1) is 11.6. The molecule has 0 unspecified atom stereocenters. The van der Waals surface area contributed by atoms with E-state index in [-0.39, 0.29) is 12.0 Å². The van der Waals surface area contributed by atoms with Crippen molar-refractivity contribution in [3.05, 3.63) is 0 Å². The van der Waals surface area contributed by atoms with Crippen molar-refractivity contribution >= 4 is 12.0 Å². The van der Waals surface area contributed by atoms with Crippen LogP contribution in [0, 0.1) is 17.3 Å². The Balaban J connectivity index is 1.63. The summed E-state index contributed by atoms with van der Waals surface area (Å²) >= 11 is 0. The van der Waals surface area contributed by atoms with Gasteiger partial charge in [0.15, 0.2) is 0 Å². The number of nitrogens with one attached hydrogen (secondary N) is 1. The molecule has 1 saturated carbocycles. The lowest BCUT2D eigenvalue weighted by Crippen LogP contribution is -2.35. The minimum atomic E-state index is -0.455. The Hall–Kier alpha value is -1.26. The van der Waals surface area contributed by atoms with Gasteiger partial charge in [0, 0.05) is 26.1 Å². The van der Waals surface area contributed by atoms with Crippen LogP contribution in [0.2, 0.25) is 0 Å². The van der Waals surface area contributed by atoms with Crippen molar-refractivity contribution < 1.29 is 14.3 Å². The summed E-state index contributed by atoms with van der Waals surface area (Å²) in [6, 6.07) is 0. The van der Waals surface area contributed by atoms with Gasteiger partial charge in [-0.3, -0.25) is 4.79 Å². The molecule has 0 aromatic heterocycles. The van der Waals surface area contributed by atoms with Gasteiger partial charge in [-0.2, -0.15) is 0 Å². The normalized spacial score (nSPS) is 22.2. The Morgan fingerprint density at radius 2 is 1.96 bits per heavy atom. The zero-order valence-corrected chi connectivity index (χ0v) is 16.7. The maximum absolute atomic E-state index is 12.1. The summed E-state index contributed by atoms with van der Waals surface area (Å²) in [5.41, 5.74) is -0.0749. The van der Waals surface area contributed by atoms with Gasteiger partial charge in [-0.25, -0.2) is 4.79 Å². The lowest BCUT2D eigenvalue weighted by Gasteiger charge is -2.24. The third-order valence-corrected chi connectivity index (χ3v) is 5.18. The van der Waals surface area contributed by atoms with Gasteiger partial charge in [-0.15, -0.1) is 0 Å². The van der Waals surface area contributed by atoms with E-state index in [2.05, 4.69) is 19.2 Å². The van der Waals surface area contributed by atoms with Gasteiger partial charge in [0.05, 0.1) is 0 Å². The molecule has 2 rings (SSSR count). The second-order valence-corrected chi connectivity index (χ2v) is 9.49. The smallest absolute Gasteiger partial charge is 0.410 e. The van der Waals surface area contributed by atoms with Gasteiger partial charge in [0.25, 0.3) is 0 Å². The number of hydrogen-bond acceptors (Lipinski definition) is 3. The molecular formula is C20H36N2O3. The number of likely N-dealkylation sites (tertiary alicyclic amines) is 1. The molecule has 2 aliphatic rings.